The molecule has 2 aromatic heterocycles. The van der Waals surface area contributed by atoms with Gasteiger partial charge >= 0.3 is 0 Å². The number of aryl methyl sites for hydroxylation is 1. The fourth-order valence-electron chi connectivity index (χ4n) is 1.17. The lowest BCUT2D eigenvalue weighted by Gasteiger charge is -1.98. The number of rotatable bonds is 4. The first kappa shape index (κ1) is 9.14. The maximum atomic E-state index is 4.10. The van der Waals surface area contributed by atoms with E-state index < -0.39 is 0 Å². The van der Waals surface area contributed by atoms with E-state index in [2.05, 4.69) is 19.8 Å². The topological polar surface area (TPSA) is 55.6 Å². The summed E-state index contributed by atoms with van der Waals surface area (Å²) in [6, 6.07) is 0. The number of hydrogen-bond acceptors (Lipinski definition) is 5. The van der Waals surface area contributed by atoms with Gasteiger partial charge in [0.25, 0.3) is 0 Å². The van der Waals surface area contributed by atoms with Gasteiger partial charge in [-0.25, -0.2) is 4.98 Å². The van der Waals surface area contributed by atoms with Crippen LogP contribution in [0.3, 0.4) is 0 Å². The predicted molar refractivity (Wildman–Crippen MR) is 55.3 cm³/mol. The van der Waals surface area contributed by atoms with Crippen LogP contribution in [0.5, 0.6) is 0 Å². The standard InChI is InChI=1S/C8H11N5S/c1-13-5-7(4-11-13)2-3-9-8-10-6-12-14-8/h4-6H,2-3H2,1H3,(H,9,10,12). The summed E-state index contributed by atoms with van der Waals surface area (Å²) >= 11 is 1.37. The Labute approximate surface area is 86.0 Å². The molecule has 0 amide bonds. The molecule has 0 bridgehead atoms. The number of nitrogens with zero attached hydrogens (tertiary/aromatic N) is 4. The van der Waals surface area contributed by atoms with E-state index in [1.165, 1.54) is 17.1 Å². The molecule has 74 valence electrons. The first-order valence-electron chi connectivity index (χ1n) is 4.32. The lowest BCUT2D eigenvalue weighted by Crippen LogP contribution is -2.03. The molecule has 14 heavy (non-hydrogen) atoms. The highest BCUT2D eigenvalue weighted by Crippen LogP contribution is 2.06. The van der Waals surface area contributed by atoms with Gasteiger partial charge in [-0.1, -0.05) is 0 Å². The van der Waals surface area contributed by atoms with E-state index in [-0.39, 0.29) is 0 Å². The molecule has 0 aliphatic heterocycles. The number of hydrogen-bond donors (Lipinski definition) is 1. The van der Waals surface area contributed by atoms with Crippen molar-refractivity contribution in [1.82, 2.24) is 19.1 Å². The molecule has 1 N–H and O–H groups in total. The zero-order valence-electron chi connectivity index (χ0n) is 7.84. The molecule has 0 atom stereocenters. The van der Waals surface area contributed by atoms with Crippen LogP contribution in [0.25, 0.3) is 0 Å². The van der Waals surface area contributed by atoms with Crippen molar-refractivity contribution >= 4 is 16.7 Å². The number of nitrogens with one attached hydrogen (secondary N) is 1. The van der Waals surface area contributed by atoms with Crippen molar-refractivity contribution in [3.63, 3.8) is 0 Å². The Hall–Kier alpha value is -1.43. The molecule has 0 aromatic carbocycles. The SMILES string of the molecule is Cn1cc(CCNc2ncns2)cn1. The van der Waals surface area contributed by atoms with Crippen LogP contribution in [0, 0.1) is 0 Å². The van der Waals surface area contributed by atoms with E-state index in [0.29, 0.717) is 0 Å². The van der Waals surface area contributed by atoms with Gasteiger partial charge in [0.05, 0.1) is 6.20 Å². The minimum absolute atomic E-state index is 0.862. The monoisotopic (exact) mass is 209 g/mol. The van der Waals surface area contributed by atoms with Gasteiger partial charge in [-0.05, 0) is 12.0 Å². The summed E-state index contributed by atoms with van der Waals surface area (Å²) in [6.07, 6.45) is 6.40. The average molecular weight is 209 g/mol. The molecule has 0 saturated carbocycles. The molecule has 5 nitrogen and oxygen atoms in total. The zero-order chi connectivity index (χ0) is 9.80. The summed E-state index contributed by atoms with van der Waals surface area (Å²) in [5, 5.41) is 8.16. The fraction of sp³-hybridized carbons (Fsp3) is 0.375. The Balaban J connectivity index is 1.78. The Kier molecular flexibility index (Phi) is 2.73. The first-order chi connectivity index (χ1) is 6.84. The summed E-state index contributed by atoms with van der Waals surface area (Å²) in [5.74, 6) is 0. The normalized spacial score (nSPS) is 10.4. The van der Waals surface area contributed by atoms with Crippen LogP contribution in [0.15, 0.2) is 18.7 Å². The molecule has 0 saturated heterocycles. The second kappa shape index (κ2) is 4.19. The minimum atomic E-state index is 0.862. The van der Waals surface area contributed by atoms with Crippen molar-refractivity contribution in [3.05, 3.63) is 24.3 Å². The molecule has 0 radical (unpaired) electrons. The van der Waals surface area contributed by atoms with Gasteiger partial charge in [-0.3, -0.25) is 4.68 Å². The molecule has 2 aromatic rings. The molecule has 6 heteroatoms. The smallest absolute Gasteiger partial charge is 0.202 e. The van der Waals surface area contributed by atoms with Crippen LogP contribution in [0.4, 0.5) is 5.13 Å². The largest absolute Gasteiger partial charge is 0.360 e. The molecule has 0 unspecified atom stereocenters. The van der Waals surface area contributed by atoms with E-state index in [1.54, 1.807) is 11.0 Å². The van der Waals surface area contributed by atoms with Crippen LogP contribution < -0.4 is 5.32 Å². The van der Waals surface area contributed by atoms with Crippen molar-refractivity contribution in [2.24, 2.45) is 7.05 Å². The van der Waals surface area contributed by atoms with Crippen molar-refractivity contribution in [2.75, 3.05) is 11.9 Å². The molecule has 2 rings (SSSR count). The van der Waals surface area contributed by atoms with Crippen molar-refractivity contribution in [1.29, 1.82) is 0 Å². The molecular formula is C8H11N5S. The van der Waals surface area contributed by atoms with Crippen LogP contribution in [0.2, 0.25) is 0 Å². The van der Waals surface area contributed by atoms with Crippen LogP contribution >= 0.6 is 11.5 Å². The Morgan fingerprint density at radius 1 is 1.57 bits per heavy atom. The van der Waals surface area contributed by atoms with E-state index >= 15 is 0 Å². The maximum absolute atomic E-state index is 4.10. The fourth-order valence-corrected chi connectivity index (χ4v) is 1.62. The summed E-state index contributed by atoms with van der Waals surface area (Å²) < 4.78 is 5.71. The summed E-state index contributed by atoms with van der Waals surface area (Å²) in [7, 11) is 1.92. The summed E-state index contributed by atoms with van der Waals surface area (Å²) in [5.41, 5.74) is 1.23. The molecule has 0 aliphatic carbocycles. The third kappa shape index (κ3) is 2.29. The van der Waals surface area contributed by atoms with E-state index in [9.17, 15) is 0 Å². The van der Waals surface area contributed by atoms with Crippen LogP contribution in [-0.4, -0.2) is 25.7 Å². The van der Waals surface area contributed by atoms with Crippen LogP contribution in [-0.2, 0) is 13.5 Å². The first-order valence-corrected chi connectivity index (χ1v) is 5.10. The lowest BCUT2D eigenvalue weighted by atomic mass is 10.2. The van der Waals surface area contributed by atoms with Crippen LogP contribution in [0.1, 0.15) is 5.56 Å². The Bertz CT molecular complexity index is 380. The van der Waals surface area contributed by atoms with Crippen molar-refractivity contribution in [3.8, 4) is 0 Å². The third-order valence-corrected chi connectivity index (χ3v) is 2.43. The van der Waals surface area contributed by atoms with E-state index in [0.717, 1.165) is 18.1 Å². The third-order valence-electron chi connectivity index (χ3n) is 1.81. The molecule has 0 spiro atoms. The van der Waals surface area contributed by atoms with Gasteiger partial charge < -0.3 is 5.32 Å². The van der Waals surface area contributed by atoms with Gasteiger partial charge in [-0.2, -0.15) is 9.47 Å². The van der Waals surface area contributed by atoms with Gasteiger partial charge in [-0.15, -0.1) is 0 Å². The maximum Gasteiger partial charge on any atom is 0.202 e. The van der Waals surface area contributed by atoms with Gasteiger partial charge in [0.15, 0.2) is 0 Å². The molecule has 2 heterocycles. The number of aromatic nitrogens is 4. The average Bonchev–Trinajstić information content (AvgIpc) is 2.77. The molecule has 0 aliphatic rings. The Morgan fingerprint density at radius 3 is 3.14 bits per heavy atom. The van der Waals surface area contributed by atoms with Crippen molar-refractivity contribution in [2.45, 2.75) is 6.42 Å². The number of anilines is 1. The van der Waals surface area contributed by atoms with Crippen molar-refractivity contribution < 1.29 is 0 Å². The van der Waals surface area contributed by atoms with Gasteiger partial charge in [0.1, 0.15) is 6.33 Å². The summed E-state index contributed by atoms with van der Waals surface area (Å²) in [6.45, 7) is 0.862. The Morgan fingerprint density at radius 2 is 2.50 bits per heavy atom. The zero-order valence-corrected chi connectivity index (χ0v) is 8.66. The lowest BCUT2D eigenvalue weighted by molar-refractivity contribution is 0.767. The quantitative estimate of drug-likeness (QED) is 0.813. The predicted octanol–water partition coefficient (Wildman–Crippen LogP) is 0.926. The molecule has 0 fully saturated rings. The second-order valence-electron chi connectivity index (χ2n) is 2.95. The van der Waals surface area contributed by atoms with Gasteiger partial charge in [0, 0.05) is 31.3 Å². The van der Waals surface area contributed by atoms with E-state index in [1.807, 2.05) is 19.4 Å². The summed E-state index contributed by atoms with van der Waals surface area (Å²) in [4.78, 5) is 4.03. The highest BCUT2D eigenvalue weighted by Gasteiger charge is 1.97. The second-order valence-corrected chi connectivity index (χ2v) is 3.73. The highest BCUT2D eigenvalue weighted by atomic mass is 32.1. The van der Waals surface area contributed by atoms with Gasteiger partial charge in [0.2, 0.25) is 5.13 Å². The van der Waals surface area contributed by atoms with E-state index in [4.69, 9.17) is 0 Å². The highest BCUT2D eigenvalue weighted by molar-refractivity contribution is 7.09. The molecular weight excluding hydrogens is 198 g/mol. The minimum Gasteiger partial charge on any atom is -0.360 e.